The third kappa shape index (κ3) is 1.92. The van der Waals surface area contributed by atoms with Crippen LogP contribution in [-0.4, -0.2) is 12.3 Å². The van der Waals surface area contributed by atoms with E-state index in [1.165, 1.54) is 10.5 Å². The molecule has 2 rings (SSSR count). The summed E-state index contributed by atoms with van der Waals surface area (Å²) in [5.41, 5.74) is 1.35. The molecule has 0 saturated carbocycles. The highest BCUT2D eigenvalue weighted by molar-refractivity contribution is 7.11. The molecule has 0 radical (unpaired) electrons. The molecule has 0 amide bonds. The molecule has 2 unspecified atom stereocenters. The molecule has 0 spiro atoms. The first-order valence-corrected chi connectivity index (χ1v) is 6.52. The number of thiophene rings is 1. The van der Waals surface area contributed by atoms with Crippen molar-refractivity contribution in [1.82, 2.24) is 5.32 Å². The summed E-state index contributed by atoms with van der Waals surface area (Å²) in [5, 5.41) is 5.31. The van der Waals surface area contributed by atoms with Crippen LogP contribution in [0.15, 0.2) is 23.7 Å². The van der Waals surface area contributed by atoms with Crippen molar-refractivity contribution in [2.75, 3.05) is 0 Å². The van der Waals surface area contributed by atoms with Gasteiger partial charge in [-0.25, -0.2) is 0 Å². The lowest BCUT2D eigenvalue weighted by atomic mass is 9.73. The highest BCUT2D eigenvalue weighted by Gasteiger charge is 2.35. The number of carbonyl (C=O) groups excluding carboxylic acids is 1. The van der Waals surface area contributed by atoms with E-state index in [9.17, 15) is 4.79 Å². The molecular formula is C13H17NOS. The first kappa shape index (κ1) is 11.4. The van der Waals surface area contributed by atoms with Crippen LogP contribution in [0.5, 0.6) is 0 Å². The fraction of sp³-hybridized carbons (Fsp3) is 0.462. The van der Waals surface area contributed by atoms with Crippen molar-refractivity contribution >= 4 is 23.2 Å². The summed E-state index contributed by atoms with van der Waals surface area (Å²) < 4.78 is 0. The second kappa shape index (κ2) is 4.42. The van der Waals surface area contributed by atoms with Crippen molar-refractivity contribution < 1.29 is 4.79 Å². The molecule has 1 aromatic heterocycles. The minimum absolute atomic E-state index is 0.0375. The van der Waals surface area contributed by atoms with Crippen molar-refractivity contribution in [3.05, 3.63) is 28.6 Å². The van der Waals surface area contributed by atoms with Crippen molar-refractivity contribution in [2.24, 2.45) is 5.41 Å². The fourth-order valence-corrected chi connectivity index (χ4v) is 2.90. The average molecular weight is 235 g/mol. The minimum atomic E-state index is -0.0544. The van der Waals surface area contributed by atoms with Gasteiger partial charge in [0.2, 0.25) is 0 Å². The Morgan fingerprint density at radius 3 is 3.06 bits per heavy atom. The summed E-state index contributed by atoms with van der Waals surface area (Å²) in [7, 11) is 0. The number of carbonyl (C=O) groups is 1. The molecule has 0 saturated heterocycles. The van der Waals surface area contributed by atoms with Crippen molar-refractivity contribution in [3.63, 3.8) is 0 Å². The number of hydrogen-bond donors (Lipinski definition) is 1. The van der Waals surface area contributed by atoms with Gasteiger partial charge < -0.3 is 10.1 Å². The largest absolute Gasteiger partial charge is 0.381 e. The molecule has 1 aromatic rings. The summed E-state index contributed by atoms with van der Waals surface area (Å²) in [4.78, 5) is 12.3. The van der Waals surface area contributed by atoms with Gasteiger partial charge in [0, 0.05) is 11.1 Å². The number of rotatable bonds is 3. The molecule has 0 fully saturated rings. The maximum Gasteiger partial charge on any atom is 0.142 e. The smallest absolute Gasteiger partial charge is 0.142 e. The Kier molecular flexibility index (Phi) is 3.15. The van der Waals surface area contributed by atoms with Crippen LogP contribution < -0.4 is 5.32 Å². The molecule has 1 aliphatic rings. The molecule has 16 heavy (non-hydrogen) atoms. The van der Waals surface area contributed by atoms with Gasteiger partial charge in [0.05, 0.1) is 6.04 Å². The third-order valence-corrected chi connectivity index (χ3v) is 4.51. The summed E-state index contributed by atoms with van der Waals surface area (Å²) in [5.74, 6) is 0. The van der Waals surface area contributed by atoms with Crippen LogP contribution >= 0.6 is 11.3 Å². The Morgan fingerprint density at radius 2 is 2.50 bits per heavy atom. The van der Waals surface area contributed by atoms with Gasteiger partial charge in [0.25, 0.3) is 0 Å². The van der Waals surface area contributed by atoms with Crippen LogP contribution in [0.4, 0.5) is 0 Å². The highest BCUT2D eigenvalue weighted by atomic mass is 32.1. The van der Waals surface area contributed by atoms with Crippen LogP contribution in [0.3, 0.4) is 0 Å². The van der Waals surface area contributed by atoms with Crippen LogP contribution in [0, 0.1) is 5.41 Å². The summed E-state index contributed by atoms with van der Waals surface area (Å²) in [6.07, 6.45) is 5.01. The zero-order valence-electron chi connectivity index (χ0n) is 9.69. The van der Waals surface area contributed by atoms with E-state index in [1.54, 1.807) is 11.3 Å². The predicted molar refractivity (Wildman–Crippen MR) is 68.3 cm³/mol. The van der Waals surface area contributed by atoms with Gasteiger partial charge >= 0.3 is 0 Å². The van der Waals surface area contributed by atoms with Crippen molar-refractivity contribution in [3.8, 4) is 0 Å². The van der Waals surface area contributed by atoms with Gasteiger partial charge in [-0.05, 0) is 35.3 Å². The molecule has 3 heteroatoms. The van der Waals surface area contributed by atoms with Gasteiger partial charge in [0.1, 0.15) is 6.29 Å². The van der Waals surface area contributed by atoms with E-state index in [2.05, 4.69) is 36.7 Å². The molecule has 2 nitrogen and oxygen atoms in total. The Bertz CT molecular complexity index is 396. The maximum absolute atomic E-state index is 11.0. The Labute approximate surface area is 100 Å². The van der Waals surface area contributed by atoms with E-state index in [0.717, 1.165) is 19.1 Å². The van der Waals surface area contributed by atoms with E-state index < -0.39 is 0 Å². The SMILES string of the molecule is CCC1(C)CC(c2cccs2)=CNC1C=O. The van der Waals surface area contributed by atoms with Crippen LogP contribution in [0.2, 0.25) is 0 Å². The lowest BCUT2D eigenvalue weighted by Crippen LogP contribution is -2.45. The van der Waals surface area contributed by atoms with Crippen molar-refractivity contribution in [2.45, 2.75) is 32.7 Å². The van der Waals surface area contributed by atoms with Crippen LogP contribution in [0.25, 0.3) is 5.57 Å². The molecule has 0 aliphatic carbocycles. The first-order valence-electron chi connectivity index (χ1n) is 5.64. The predicted octanol–water partition coefficient (Wildman–Crippen LogP) is 3.07. The molecule has 1 aliphatic heterocycles. The molecule has 2 heterocycles. The van der Waals surface area contributed by atoms with Gasteiger partial charge in [-0.15, -0.1) is 11.3 Å². The normalized spacial score (nSPS) is 29.4. The van der Waals surface area contributed by atoms with Gasteiger partial charge in [-0.2, -0.15) is 0 Å². The molecule has 2 atom stereocenters. The topological polar surface area (TPSA) is 29.1 Å². The lowest BCUT2D eigenvalue weighted by Gasteiger charge is -2.38. The Morgan fingerprint density at radius 1 is 1.69 bits per heavy atom. The summed E-state index contributed by atoms with van der Waals surface area (Å²) in [6.45, 7) is 4.33. The van der Waals surface area contributed by atoms with E-state index in [1.807, 2.05) is 6.20 Å². The van der Waals surface area contributed by atoms with E-state index >= 15 is 0 Å². The average Bonchev–Trinajstić information content (AvgIpc) is 2.82. The number of aldehydes is 1. The lowest BCUT2D eigenvalue weighted by molar-refractivity contribution is -0.112. The van der Waals surface area contributed by atoms with E-state index in [4.69, 9.17) is 0 Å². The van der Waals surface area contributed by atoms with Gasteiger partial charge in [-0.3, -0.25) is 0 Å². The second-order valence-corrected chi connectivity index (χ2v) is 5.56. The summed E-state index contributed by atoms with van der Waals surface area (Å²) >= 11 is 1.75. The molecular weight excluding hydrogens is 218 g/mol. The molecule has 86 valence electrons. The van der Waals surface area contributed by atoms with E-state index in [-0.39, 0.29) is 11.5 Å². The Hall–Kier alpha value is -1.09. The molecule has 0 bridgehead atoms. The highest BCUT2D eigenvalue weighted by Crippen LogP contribution is 2.40. The second-order valence-electron chi connectivity index (χ2n) is 4.61. The van der Waals surface area contributed by atoms with E-state index in [0.29, 0.717) is 0 Å². The fourth-order valence-electron chi connectivity index (χ4n) is 2.16. The quantitative estimate of drug-likeness (QED) is 0.816. The standard InChI is InChI=1S/C13H17NOS/c1-3-13(2)7-10(8-14-12(13)9-15)11-5-4-6-16-11/h4-6,8-9,12,14H,3,7H2,1-2H3. The van der Waals surface area contributed by atoms with Crippen LogP contribution in [-0.2, 0) is 4.79 Å². The zero-order chi connectivity index (χ0) is 11.6. The number of hydrogen-bond acceptors (Lipinski definition) is 3. The molecule has 1 N–H and O–H groups in total. The zero-order valence-corrected chi connectivity index (χ0v) is 10.5. The third-order valence-electron chi connectivity index (χ3n) is 3.56. The van der Waals surface area contributed by atoms with Crippen molar-refractivity contribution in [1.29, 1.82) is 0 Å². The monoisotopic (exact) mass is 235 g/mol. The maximum atomic E-state index is 11.0. The van der Waals surface area contributed by atoms with Crippen LogP contribution in [0.1, 0.15) is 31.6 Å². The molecule has 0 aromatic carbocycles. The number of allylic oxidation sites excluding steroid dienone is 1. The number of nitrogens with one attached hydrogen (secondary N) is 1. The first-order chi connectivity index (χ1) is 7.69. The van der Waals surface area contributed by atoms with Gasteiger partial charge in [0.15, 0.2) is 0 Å². The minimum Gasteiger partial charge on any atom is -0.381 e. The Balaban J connectivity index is 2.27. The summed E-state index contributed by atoms with van der Waals surface area (Å²) in [6, 6.07) is 4.15. The van der Waals surface area contributed by atoms with Gasteiger partial charge in [-0.1, -0.05) is 19.9 Å².